The van der Waals surface area contributed by atoms with Crippen molar-refractivity contribution >= 4 is 21.8 Å². The number of carbonyl (C=O) groups is 1. The third kappa shape index (κ3) is 4.77. The van der Waals surface area contributed by atoms with Gasteiger partial charge in [-0.05, 0) is 49.6 Å². The molecule has 2 aromatic rings. The van der Waals surface area contributed by atoms with Crippen LogP contribution in [0.25, 0.3) is 0 Å². The number of H-pyrrole nitrogens is 1. The Morgan fingerprint density at radius 2 is 2.07 bits per heavy atom. The van der Waals surface area contributed by atoms with Crippen molar-refractivity contribution in [2.75, 3.05) is 14.2 Å². The number of aryl methyl sites for hydroxylation is 1. The number of rotatable bonds is 6. The number of aromatic nitrogens is 1. The Balaban J connectivity index is 2.12. The predicted octanol–water partition coefficient (Wildman–Crippen LogP) is 3.23. The molecular weight excluding hydrogens is 410 g/mol. The van der Waals surface area contributed by atoms with Gasteiger partial charge in [-0.2, -0.15) is 5.26 Å². The van der Waals surface area contributed by atoms with E-state index in [9.17, 15) is 9.59 Å². The number of ether oxygens (including phenoxy) is 1. The van der Waals surface area contributed by atoms with E-state index in [0.29, 0.717) is 24.2 Å². The van der Waals surface area contributed by atoms with E-state index in [4.69, 9.17) is 10.00 Å². The van der Waals surface area contributed by atoms with Crippen molar-refractivity contribution in [1.29, 1.82) is 5.26 Å². The number of carbonyl (C=O) groups excluding carboxylic acids is 1. The Labute approximate surface area is 166 Å². The average Bonchev–Trinajstić information content (AvgIpc) is 2.61. The first-order chi connectivity index (χ1) is 12.8. The molecule has 1 aromatic heterocycles. The molecule has 0 atom stereocenters. The molecule has 0 aliphatic carbocycles. The van der Waals surface area contributed by atoms with E-state index in [-0.39, 0.29) is 23.5 Å². The number of benzene rings is 1. The second-order valence-corrected chi connectivity index (χ2v) is 7.29. The zero-order valence-corrected chi connectivity index (χ0v) is 17.4. The number of hydrogen-bond donors (Lipinski definition) is 1. The Bertz CT molecular complexity index is 960. The van der Waals surface area contributed by atoms with Crippen molar-refractivity contribution in [3.63, 3.8) is 0 Å². The van der Waals surface area contributed by atoms with Gasteiger partial charge in [0.05, 0.1) is 7.11 Å². The molecule has 0 radical (unpaired) electrons. The highest BCUT2D eigenvalue weighted by Gasteiger charge is 2.16. The van der Waals surface area contributed by atoms with E-state index < -0.39 is 0 Å². The van der Waals surface area contributed by atoms with Crippen molar-refractivity contribution in [2.24, 2.45) is 0 Å². The third-order valence-electron chi connectivity index (χ3n) is 4.58. The Morgan fingerprint density at radius 3 is 2.70 bits per heavy atom. The fourth-order valence-electron chi connectivity index (χ4n) is 3.06. The van der Waals surface area contributed by atoms with Gasteiger partial charge in [0.15, 0.2) is 0 Å². The topological polar surface area (TPSA) is 86.2 Å². The van der Waals surface area contributed by atoms with Gasteiger partial charge >= 0.3 is 0 Å². The predicted molar refractivity (Wildman–Crippen MR) is 107 cm³/mol. The maximum absolute atomic E-state index is 12.6. The summed E-state index contributed by atoms with van der Waals surface area (Å²) in [6, 6.07) is 7.61. The highest BCUT2D eigenvalue weighted by molar-refractivity contribution is 9.10. The summed E-state index contributed by atoms with van der Waals surface area (Å²) in [4.78, 5) is 28.7. The van der Waals surface area contributed by atoms with E-state index in [1.165, 1.54) is 0 Å². The minimum absolute atomic E-state index is 0.0273. The highest BCUT2D eigenvalue weighted by atomic mass is 79.9. The lowest BCUT2D eigenvalue weighted by Crippen LogP contribution is -2.27. The summed E-state index contributed by atoms with van der Waals surface area (Å²) in [5, 5.41) is 9.16. The number of methoxy groups -OCH3 is 1. The molecule has 1 aromatic carbocycles. The van der Waals surface area contributed by atoms with E-state index in [1.807, 2.05) is 24.3 Å². The first-order valence-electron chi connectivity index (χ1n) is 8.47. The van der Waals surface area contributed by atoms with Crippen LogP contribution in [0.1, 0.15) is 34.4 Å². The van der Waals surface area contributed by atoms with Crippen LogP contribution in [0.2, 0.25) is 0 Å². The molecule has 27 heavy (non-hydrogen) atoms. The largest absolute Gasteiger partial charge is 0.496 e. The van der Waals surface area contributed by atoms with E-state index in [0.717, 1.165) is 21.3 Å². The maximum atomic E-state index is 12.6. The van der Waals surface area contributed by atoms with Gasteiger partial charge in [-0.1, -0.05) is 15.9 Å². The second kappa shape index (κ2) is 8.87. The van der Waals surface area contributed by atoms with Gasteiger partial charge in [0.25, 0.3) is 5.56 Å². The Kier molecular flexibility index (Phi) is 6.81. The molecule has 0 bridgehead atoms. The van der Waals surface area contributed by atoms with Crippen LogP contribution in [0, 0.1) is 25.2 Å². The third-order valence-corrected chi connectivity index (χ3v) is 5.08. The van der Waals surface area contributed by atoms with Crippen LogP contribution in [0.3, 0.4) is 0 Å². The summed E-state index contributed by atoms with van der Waals surface area (Å²) in [5.74, 6) is 0.698. The summed E-state index contributed by atoms with van der Waals surface area (Å²) in [5.41, 5.74) is 2.80. The molecule has 0 unspecified atom stereocenters. The Morgan fingerprint density at radius 1 is 1.37 bits per heavy atom. The molecule has 0 saturated carbocycles. The Hall–Kier alpha value is -2.59. The molecule has 1 N–H and O–H groups in total. The molecule has 0 saturated heterocycles. The summed E-state index contributed by atoms with van der Waals surface area (Å²) in [6.07, 6.45) is 0.743. The van der Waals surface area contributed by atoms with Crippen molar-refractivity contribution in [1.82, 2.24) is 9.88 Å². The summed E-state index contributed by atoms with van der Waals surface area (Å²) in [7, 11) is 3.35. The molecule has 2 rings (SSSR count). The molecule has 0 fully saturated rings. The molecule has 6 nitrogen and oxygen atoms in total. The first kappa shape index (κ1) is 20.7. The zero-order chi connectivity index (χ0) is 20.1. The number of nitriles is 1. The number of amides is 1. The summed E-state index contributed by atoms with van der Waals surface area (Å²) >= 11 is 3.43. The van der Waals surface area contributed by atoms with Crippen LogP contribution in [0.4, 0.5) is 0 Å². The van der Waals surface area contributed by atoms with Crippen LogP contribution in [0.5, 0.6) is 5.75 Å². The monoisotopic (exact) mass is 431 g/mol. The van der Waals surface area contributed by atoms with Crippen molar-refractivity contribution < 1.29 is 9.53 Å². The molecule has 7 heteroatoms. The van der Waals surface area contributed by atoms with Crippen LogP contribution in [0.15, 0.2) is 27.5 Å². The average molecular weight is 432 g/mol. The summed E-state index contributed by atoms with van der Waals surface area (Å²) in [6.45, 7) is 3.95. The van der Waals surface area contributed by atoms with Crippen LogP contribution in [-0.2, 0) is 17.8 Å². The quantitative estimate of drug-likeness (QED) is 0.760. The number of halogens is 1. The fraction of sp³-hybridized carbons (Fsp3) is 0.350. The van der Waals surface area contributed by atoms with Crippen molar-refractivity contribution in [2.45, 2.75) is 33.2 Å². The lowest BCUT2D eigenvalue weighted by Gasteiger charge is -2.20. The van der Waals surface area contributed by atoms with E-state index >= 15 is 0 Å². The van der Waals surface area contributed by atoms with Gasteiger partial charge in [0.2, 0.25) is 5.91 Å². The van der Waals surface area contributed by atoms with E-state index in [1.54, 1.807) is 32.9 Å². The van der Waals surface area contributed by atoms with Crippen LogP contribution in [-0.4, -0.2) is 29.9 Å². The van der Waals surface area contributed by atoms with Gasteiger partial charge in [0.1, 0.15) is 17.4 Å². The number of nitrogens with zero attached hydrogens (tertiary/aromatic N) is 2. The fourth-order valence-corrected chi connectivity index (χ4v) is 3.47. The zero-order valence-electron chi connectivity index (χ0n) is 15.9. The lowest BCUT2D eigenvalue weighted by molar-refractivity contribution is -0.130. The summed E-state index contributed by atoms with van der Waals surface area (Å²) < 4.78 is 6.27. The molecular formula is C20H22BrN3O3. The minimum atomic E-state index is -0.388. The van der Waals surface area contributed by atoms with Gasteiger partial charge in [0, 0.05) is 35.7 Å². The standard InChI is InChI=1S/C20H22BrN3O3/c1-12-16(13(2)23-20(26)17(12)10-22)6-8-19(25)24(3)11-14-9-15(21)5-7-18(14)27-4/h5,7,9H,6,8,11H2,1-4H3,(H,23,26). The number of hydrogen-bond acceptors (Lipinski definition) is 4. The first-order valence-corrected chi connectivity index (χ1v) is 9.26. The van der Waals surface area contributed by atoms with Crippen LogP contribution >= 0.6 is 15.9 Å². The van der Waals surface area contributed by atoms with Gasteiger partial charge in [-0.25, -0.2) is 0 Å². The maximum Gasteiger partial charge on any atom is 0.266 e. The van der Waals surface area contributed by atoms with Crippen molar-refractivity contribution in [3.8, 4) is 11.8 Å². The van der Waals surface area contributed by atoms with E-state index in [2.05, 4.69) is 20.9 Å². The number of nitrogens with one attached hydrogen (secondary N) is 1. The number of pyridine rings is 1. The lowest BCUT2D eigenvalue weighted by atomic mass is 9.99. The smallest absolute Gasteiger partial charge is 0.266 e. The SMILES string of the molecule is COc1ccc(Br)cc1CN(C)C(=O)CCc1c(C)[nH]c(=O)c(C#N)c1C. The molecule has 1 heterocycles. The molecule has 0 spiro atoms. The van der Waals surface area contributed by atoms with Gasteiger partial charge < -0.3 is 14.6 Å². The minimum Gasteiger partial charge on any atom is -0.496 e. The van der Waals surface area contributed by atoms with Crippen molar-refractivity contribution in [3.05, 3.63) is 61.0 Å². The molecule has 0 aliphatic heterocycles. The molecule has 142 valence electrons. The highest BCUT2D eigenvalue weighted by Crippen LogP contribution is 2.24. The second-order valence-electron chi connectivity index (χ2n) is 6.38. The normalized spacial score (nSPS) is 10.4. The molecule has 1 amide bonds. The van der Waals surface area contributed by atoms with Gasteiger partial charge in [-0.3, -0.25) is 9.59 Å². The van der Waals surface area contributed by atoms with Gasteiger partial charge in [-0.15, -0.1) is 0 Å². The number of aromatic amines is 1. The molecule has 0 aliphatic rings. The van der Waals surface area contributed by atoms with Crippen LogP contribution < -0.4 is 10.3 Å².